The number of hydrogen-bond donors (Lipinski definition) is 0. The van der Waals surface area contributed by atoms with Crippen molar-refractivity contribution in [2.24, 2.45) is 12.0 Å². The summed E-state index contributed by atoms with van der Waals surface area (Å²) in [7, 11) is 3.17. The van der Waals surface area contributed by atoms with E-state index in [-0.39, 0.29) is 5.56 Å². The zero-order chi connectivity index (χ0) is 20.7. The molecular weight excluding hydrogens is 388 g/mol. The van der Waals surface area contributed by atoms with Crippen molar-refractivity contribution >= 4 is 23.4 Å². The topological polar surface area (TPSA) is 78.5 Å². The third-order valence-electron chi connectivity index (χ3n) is 4.88. The molecule has 1 aliphatic rings. The zero-order valence-electron chi connectivity index (χ0n) is 16.5. The summed E-state index contributed by atoms with van der Waals surface area (Å²) in [4.78, 5) is 31.0. The predicted molar refractivity (Wildman–Crippen MR) is 110 cm³/mol. The Hall–Kier alpha value is -3.26. The molecule has 0 saturated carbocycles. The quantitative estimate of drug-likeness (QED) is 0.615. The molecule has 0 spiro atoms. The molecule has 0 N–H and O–H groups in total. The lowest BCUT2D eigenvalue weighted by Gasteiger charge is -2.24. The van der Waals surface area contributed by atoms with Gasteiger partial charge in [0.15, 0.2) is 4.80 Å². The number of carbonyl (C=O) groups excluding carboxylic acids is 1. The van der Waals surface area contributed by atoms with Crippen molar-refractivity contribution in [3.63, 3.8) is 0 Å². The van der Waals surface area contributed by atoms with Crippen molar-refractivity contribution in [2.45, 2.75) is 19.9 Å². The van der Waals surface area contributed by atoms with Gasteiger partial charge in [0.2, 0.25) is 0 Å². The van der Waals surface area contributed by atoms with Crippen molar-refractivity contribution in [2.75, 3.05) is 7.11 Å². The first-order chi connectivity index (χ1) is 13.9. The number of esters is 1. The van der Waals surface area contributed by atoms with Crippen LogP contribution in [0.3, 0.4) is 0 Å². The van der Waals surface area contributed by atoms with Crippen LogP contribution in [0.5, 0.6) is 0 Å². The van der Waals surface area contributed by atoms with Crippen molar-refractivity contribution in [1.82, 2.24) is 14.3 Å². The van der Waals surface area contributed by atoms with E-state index in [1.54, 1.807) is 16.2 Å². The van der Waals surface area contributed by atoms with Gasteiger partial charge in [0.05, 0.1) is 34.6 Å². The van der Waals surface area contributed by atoms with Crippen molar-refractivity contribution in [1.29, 1.82) is 0 Å². The molecule has 7 nitrogen and oxygen atoms in total. The molecule has 148 valence electrons. The van der Waals surface area contributed by atoms with Gasteiger partial charge in [-0.1, -0.05) is 41.7 Å². The molecule has 2 aromatic heterocycles. The molecule has 3 heterocycles. The Morgan fingerprint density at radius 2 is 1.97 bits per heavy atom. The smallest absolute Gasteiger partial charge is 0.338 e. The lowest BCUT2D eigenvalue weighted by molar-refractivity contribution is -0.136. The normalized spacial score (nSPS) is 16.6. The molecule has 3 aromatic rings. The van der Waals surface area contributed by atoms with E-state index in [0.29, 0.717) is 20.6 Å². The van der Waals surface area contributed by atoms with Crippen LogP contribution < -0.4 is 14.9 Å². The zero-order valence-corrected chi connectivity index (χ0v) is 17.4. The summed E-state index contributed by atoms with van der Waals surface area (Å²) in [6, 6.07) is 8.87. The summed E-state index contributed by atoms with van der Waals surface area (Å²) in [5, 5.41) is 4.33. The first kappa shape index (κ1) is 19.1. The van der Waals surface area contributed by atoms with Crippen LogP contribution in [0.25, 0.3) is 6.08 Å². The van der Waals surface area contributed by atoms with Crippen molar-refractivity contribution in [3.05, 3.63) is 84.3 Å². The minimum absolute atomic E-state index is 0.195. The molecule has 1 atom stereocenters. The molecule has 8 heteroatoms. The van der Waals surface area contributed by atoms with Gasteiger partial charge in [0.25, 0.3) is 5.56 Å². The van der Waals surface area contributed by atoms with Gasteiger partial charge >= 0.3 is 5.97 Å². The number of thiazole rings is 1. The molecule has 0 radical (unpaired) electrons. The highest BCUT2D eigenvalue weighted by atomic mass is 32.1. The van der Waals surface area contributed by atoms with E-state index < -0.39 is 12.0 Å². The van der Waals surface area contributed by atoms with Gasteiger partial charge in [0.1, 0.15) is 0 Å². The van der Waals surface area contributed by atoms with E-state index >= 15 is 0 Å². The first-order valence-corrected chi connectivity index (χ1v) is 9.88. The van der Waals surface area contributed by atoms with E-state index in [2.05, 4.69) is 10.1 Å². The Kier molecular flexibility index (Phi) is 4.79. The number of benzene rings is 1. The Bertz CT molecular complexity index is 1310. The Balaban J connectivity index is 2.00. The number of carbonyl (C=O) groups is 1. The third kappa shape index (κ3) is 3.25. The molecule has 1 aliphatic heterocycles. The number of nitrogens with zero attached hydrogens (tertiary/aromatic N) is 4. The lowest BCUT2D eigenvalue weighted by atomic mass is 9.96. The van der Waals surface area contributed by atoms with Crippen LogP contribution in [0.4, 0.5) is 0 Å². The number of rotatable bonds is 3. The van der Waals surface area contributed by atoms with Crippen LogP contribution in [0.2, 0.25) is 0 Å². The maximum atomic E-state index is 13.4. The van der Waals surface area contributed by atoms with Gasteiger partial charge < -0.3 is 4.74 Å². The molecular formula is C21H20N4O3S. The minimum atomic E-state index is -0.586. The number of aryl methyl sites for hydroxylation is 2. The highest BCUT2D eigenvalue weighted by molar-refractivity contribution is 7.07. The predicted octanol–water partition coefficient (Wildman–Crippen LogP) is 1.45. The van der Waals surface area contributed by atoms with Gasteiger partial charge in [-0.15, -0.1) is 0 Å². The Labute approximate surface area is 170 Å². The van der Waals surface area contributed by atoms with Gasteiger partial charge in [-0.25, -0.2) is 9.79 Å². The minimum Gasteiger partial charge on any atom is -0.466 e. The van der Waals surface area contributed by atoms with Crippen molar-refractivity contribution < 1.29 is 9.53 Å². The monoisotopic (exact) mass is 408 g/mol. The molecule has 0 aliphatic carbocycles. The van der Waals surface area contributed by atoms with E-state index in [1.165, 1.54) is 18.4 Å². The molecule has 0 fully saturated rings. The molecule has 4 rings (SSSR count). The Morgan fingerprint density at radius 3 is 2.59 bits per heavy atom. The number of aromatic nitrogens is 3. The number of fused-ring (bicyclic) bond motifs is 1. The van der Waals surface area contributed by atoms with E-state index in [9.17, 15) is 9.59 Å². The van der Waals surface area contributed by atoms with Crippen LogP contribution in [0.15, 0.2) is 57.6 Å². The maximum absolute atomic E-state index is 13.4. The summed E-state index contributed by atoms with van der Waals surface area (Å²) in [6.45, 7) is 3.67. The number of ether oxygens (including phenoxy) is 1. The van der Waals surface area contributed by atoms with Gasteiger partial charge in [-0.3, -0.25) is 14.0 Å². The third-order valence-corrected chi connectivity index (χ3v) is 5.86. The lowest BCUT2D eigenvalue weighted by Crippen LogP contribution is -2.39. The van der Waals surface area contributed by atoms with Crippen molar-refractivity contribution in [3.8, 4) is 0 Å². The fourth-order valence-electron chi connectivity index (χ4n) is 3.54. The largest absolute Gasteiger partial charge is 0.466 e. The highest BCUT2D eigenvalue weighted by Crippen LogP contribution is 2.30. The Morgan fingerprint density at radius 1 is 1.24 bits per heavy atom. The second-order valence-electron chi connectivity index (χ2n) is 6.83. The van der Waals surface area contributed by atoms with Crippen LogP contribution in [0, 0.1) is 6.92 Å². The first-order valence-electron chi connectivity index (χ1n) is 9.06. The second-order valence-corrected chi connectivity index (χ2v) is 7.84. The van der Waals surface area contributed by atoms with E-state index in [0.717, 1.165) is 16.8 Å². The number of allylic oxidation sites excluding steroid dienone is 1. The summed E-state index contributed by atoms with van der Waals surface area (Å²) < 4.78 is 8.83. The average Bonchev–Trinajstić information content (AvgIpc) is 3.19. The van der Waals surface area contributed by atoms with Gasteiger partial charge in [-0.2, -0.15) is 5.10 Å². The SMILES string of the molecule is COC(=O)C1=C(C)N=c2sc(=Cc3cn(C)nc3C)c(=O)n2[C@H]1c1ccccc1. The summed E-state index contributed by atoms with van der Waals surface area (Å²) in [6.07, 6.45) is 3.69. The molecule has 1 aromatic carbocycles. The molecule has 0 unspecified atom stereocenters. The molecule has 0 amide bonds. The van der Waals surface area contributed by atoms with Crippen LogP contribution in [0.1, 0.15) is 29.8 Å². The van der Waals surface area contributed by atoms with Crippen LogP contribution in [-0.2, 0) is 16.6 Å². The summed E-state index contributed by atoms with van der Waals surface area (Å²) in [5.74, 6) is -0.488. The van der Waals surface area contributed by atoms with E-state index in [1.807, 2.05) is 56.6 Å². The number of hydrogen-bond acceptors (Lipinski definition) is 6. The van der Waals surface area contributed by atoms with Crippen LogP contribution >= 0.6 is 11.3 Å². The summed E-state index contributed by atoms with van der Waals surface area (Å²) >= 11 is 1.30. The number of methoxy groups -OCH3 is 1. The summed E-state index contributed by atoms with van der Waals surface area (Å²) in [5.41, 5.74) is 3.26. The molecule has 29 heavy (non-hydrogen) atoms. The molecule has 0 bridgehead atoms. The van der Waals surface area contributed by atoms with Crippen LogP contribution in [-0.4, -0.2) is 27.4 Å². The van der Waals surface area contributed by atoms with E-state index in [4.69, 9.17) is 4.74 Å². The van der Waals surface area contributed by atoms with Gasteiger partial charge in [-0.05, 0) is 25.5 Å². The highest BCUT2D eigenvalue weighted by Gasteiger charge is 2.32. The standard InChI is InChI=1S/C21H20N4O3S/c1-12-15(11-24(3)23-12)10-16-19(26)25-18(14-8-6-5-7-9-14)17(20(27)28-4)13(2)22-21(25)29-16/h5-11,18H,1-4H3/t18-/m0/s1. The maximum Gasteiger partial charge on any atom is 0.338 e. The fourth-order valence-corrected chi connectivity index (χ4v) is 4.58. The second kappa shape index (κ2) is 7.29. The van der Waals surface area contributed by atoms with Gasteiger partial charge in [0, 0.05) is 18.8 Å². The molecule has 0 saturated heterocycles. The fraction of sp³-hybridized carbons (Fsp3) is 0.238. The average molecular weight is 408 g/mol.